The molecule has 0 bridgehead atoms. The molecule has 2 aromatic rings. The maximum Gasteiger partial charge on any atom is 0.416 e. The summed E-state index contributed by atoms with van der Waals surface area (Å²) in [5.74, 6) is -0.857. The van der Waals surface area contributed by atoms with Gasteiger partial charge in [-0.15, -0.1) is 0 Å². The summed E-state index contributed by atoms with van der Waals surface area (Å²) < 4.78 is 43.0. The average molecular weight is 403 g/mol. The molecule has 1 unspecified atom stereocenters. The fourth-order valence-electron chi connectivity index (χ4n) is 2.95. The van der Waals surface area contributed by atoms with Crippen LogP contribution in [0.2, 0.25) is 0 Å². The van der Waals surface area contributed by atoms with E-state index in [4.69, 9.17) is 4.74 Å². The van der Waals surface area contributed by atoms with Gasteiger partial charge in [-0.3, -0.25) is 4.79 Å². The number of benzene rings is 2. The quantitative estimate of drug-likeness (QED) is 0.546. The second-order valence-corrected chi connectivity index (χ2v) is 6.86. The van der Waals surface area contributed by atoms with Crippen LogP contribution in [0.4, 0.5) is 13.2 Å². The van der Waals surface area contributed by atoms with E-state index < -0.39 is 30.2 Å². The summed E-state index contributed by atoms with van der Waals surface area (Å²) >= 11 is 0. The topological polar surface area (TPSA) is 55.4 Å². The highest BCUT2D eigenvalue weighted by atomic mass is 19.4. The minimum Gasteiger partial charge on any atom is -0.452 e. The zero-order valence-corrected chi connectivity index (χ0v) is 15.5. The number of hydrogen-bond donors (Lipinski definition) is 1. The summed E-state index contributed by atoms with van der Waals surface area (Å²) in [6.45, 7) is -0.457. The van der Waals surface area contributed by atoms with Gasteiger partial charge in [0, 0.05) is 6.08 Å². The molecule has 1 N–H and O–H groups in total. The Balaban J connectivity index is 1.51. The van der Waals surface area contributed by atoms with Crippen LogP contribution in [0.15, 0.2) is 60.7 Å². The molecule has 2 aromatic carbocycles. The van der Waals surface area contributed by atoms with Crippen LogP contribution in [0.25, 0.3) is 6.08 Å². The van der Waals surface area contributed by atoms with Gasteiger partial charge in [-0.2, -0.15) is 13.2 Å². The number of nitrogens with one attached hydrogen (secondary N) is 1. The Bertz CT molecular complexity index is 890. The molecule has 1 saturated carbocycles. The van der Waals surface area contributed by atoms with Crippen molar-refractivity contribution in [3.8, 4) is 0 Å². The number of halogens is 3. The molecule has 1 fully saturated rings. The summed E-state index contributed by atoms with van der Waals surface area (Å²) in [4.78, 5) is 23.9. The fourth-order valence-corrected chi connectivity index (χ4v) is 2.95. The second kappa shape index (κ2) is 8.94. The highest BCUT2D eigenvalue weighted by Crippen LogP contribution is 2.40. The third-order valence-electron chi connectivity index (χ3n) is 4.54. The molecule has 0 heterocycles. The smallest absolute Gasteiger partial charge is 0.416 e. The van der Waals surface area contributed by atoms with Gasteiger partial charge in [0.15, 0.2) is 6.61 Å². The van der Waals surface area contributed by atoms with Crippen molar-refractivity contribution in [2.45, 2.75) is 25.1 Å². The highest BCUT2D eigenvalue weighted by Gasteiger charge is 2.33. The minimum absolute atomic E-state index is 0.122. The summed E-state index contributed by atoms with van der Waals surface area (Å²) in [6.07, 6.45) is -0.192. The number of carbonyl (C=O) groups is 2. The molecule has 1 atom stereocenters. The Kier molecular flexibility index (Phi) is 6.36. The minimum atomic E-state index is -4.46. The summed E-state index contributed by atoms with van der Waals surface area (Å²) in [5, 5.41) is 2.88. The van der Waals surface area contributed by atoms with Gasteiger partial charge < -0.3 is 10.1 Å². The zero-order chi connectivity index (χ0) is 20.9. The molecule has 7 heteroatoms. The fraction of sp³-hybridized carbons (Fsp3) is 0.273. The van der Waals surface area contributed by atoms with Crippen LogP contribution in [0.3, 0.4) is 0 Å². The number of rotatable bonds is 7. The summed E-state index contributed by atoms with van der Waals surface area (Å²) in [6, 6.07) is 14.0. The lowest BCUT2D eigenvalue weighted by Crippen LogP contribution is -2.33. The van der Waals surface area contributed by atoms with E-state index in [1.807, 2.05) is 30.3 Å². The SMILES string of the molecule is O=C(COC(=O)/C=C/c1cccc(C(F)(F)F)c1)NC(c1ccccc1)C1CC1. The Labute approximate surface area is 166 Å². The van der Waals surface area contributed by atoms with Gasteiger partial charge in [-0.1, -0.05) is 42.5 Å². The molecule has 0 saturated heterocycles. The van der Waals surface area contributed by atoms with Gasteiger partial charge in [0.25, 0.3) is 5.91 Å². The van der Waals surface area contributed by atoms with Crippen molar-refractivity contribution in [2.75, 3.05) is 6.61 Å². The first-order valence-electron chi connectivity index (χ1n) is 9.19. The van der Waals surface area contributed by atoms with E-state index in [0.29, 0.717) is 5.92 Å². The third kappa shape index (κ3) is 6.20. The third-order valence-corrected chi connectivity index (χ3v) is 4.54. The first-order chi connectivity index (χ1) is 13.8. The maximum atomic E-state index is 12.7. The lowest BCUT2D eigenvalue weighted by atomic mass is 10.0. The monoisotopic (exact) mass is 403 g/mol. The maximum absolute atomic E-state index is 12.7. The molecule has 152 valence electrons. The van der Waals surface area contributed by atoms with Crippen molar-refractivity contribution in [1.82, 2.24) is 5.32 Å². The molecule has 1 aliphatic rings. The molecule has 0 spiro atoms. The number of amides is 1. The van der Waals surface area contributed by atoms with Crippen LogP contribution in [0.5, 0.6) is 0 Å². The van der Waals surface area contributed by atoms with E-state index >= 15 is 0 Å². The number of alkyl halides is 3. The number of hydrogen-bond acceptors (Lipinski definition) is 3. The number of esters is 1. The second-order valence-electron chi connectivity index (χ2n) is 6.86. The van der Waals surface area contributed by atoms with Crippen LogP contribution in [0, 0.1) is 5.92 Å². The standard InChI is InChI=1S/C22H20F3NO3/c23-22(24,25)18-8-4-5-15(13-18)9-12-20(28)29-14-19(27)26-21(17-10-11-17)16-6-2-1-3-7-16/h1-9,12-13,17,21H,10-11,14H2,(H,26,27)/b12-9+. The van der Waals surface area contributed by atoms with Crippen molar-refractivity contribution >= 4 is 18.0 Å². The Morgan fingerprint density at radius 2 is 1.83 bits per heavy atom. The van der Waals surface area contributed by atoms with Gasteiger partial charge in [0.2, 0.25) is 0 Å². The lowest BCUT2D eigenvalue weighted by molar-refractivity contribution is -0.144. The molecule has 0 aliphatic heterocycles. The molecule has 29 heavy (non-hydrogen) atoms. The molecule has 1 aliphatic carbocycles. The largest absolute Gasteiger partial charge is 0.452 e. The molecule has 0 radical (unpaired) electrons. The van der Waals surface area contributed by atoms with Gasteiger partial charge in [-0.05, 0) is 48.1 Å². The van der Waals surface area contributed by atoms with Crippen molar-refractivity contribution < 1.29 is 27.5 Å². The normalized spacial score (nSPS) is 15.1. The Morgan fingerprint density at radius 3 is 2.48 bits per heavy atom. The van der Waals surface area contributed by atoms with E-state index in [1.54, 1.807) is 0 Å². The molecule has 1 amide bonds. The van der Waals surface area contributed by atoms with E-state index in [1.165, 1.54) is 18.2 Å². The molecule has 4 nitrogen and oxygen atoms in total. The van der Waals surface area contributed by atoms with Crippen molar-refractivity contribution in [3.63, 3.8) is 0 Å². The van der Waals surface area contributed by atoms with E-state index in [-0.39, 0.29) is 11.6 Å². The van der Waals surface area contributed by atoms with Crippen molar-refractivity contribution in [3.05, 3.63) is 77.4 Å². The van der Waals surface area contributed by atoms with Gasteiger partial charge >= 0.3 is 12.1 Å². The lowest BCUT2D eigenvalue weighted by Gasteiger charge is -2.18. The van der Waals surface area contributed by atoms with E-state index in [0.717, 1.165) is 36.6 Å². The van der Waals surface area contributed by atoms with Crippen molar-refractivity contribution in [2.24, 2.45) is 5.92 Å². The van der Waals surface area contributed by atoms with Crippen LogP contribution < -0.4 is 5.32 Å². The predicted octanol–water partition coefficient (Wildman–Crippen LogP) is 4.53. The van der Waals surface area contributed by atoms with Crippen LogP contribution in [0.1, 0.15) is 35.6 Å². The molecule has 0 aromatic heterocycles. The average Bonchev–Trinajstić information content (AvgIpc) is 3.54. The Morgan fingerprint density at radius 1 is 1.10 bits per heavy atom. The summed E-state index contributed by atoms with van der Waals surface area (Å²) in [7, 11) is 0. The van der Waals surface area contributed by atoms with E-state index in [2.05, 4.69) is 5.32 Å². The predicted molar refractivity (Wildman–Crippen MR) is 101 cm³/mol. The zero-order valence-electron chi connectivity index (χ0n) is 15.5. The molecule has 3 rings (SSSR count). The number of carbonyl (C=O) groups excluding carboxylic acids is 2. The first kappa shape index (κ1) is 20.6. The molecular weight excluding hydrogens is 383 g/mol. The van der Waals surface area contributed by atoms with E-state index in [9.17, 15) is 22.8 Å². The van der Waals surface area contributed by atoms with Gasteiger partial charge in [0.05, 0.1) is 11.6 Å². The van der Waals surface area contributed by atoms with Crippen LogP contribution in [-0.4, -0.2) is 18.5 Å². The van der Waals surface area contributed by atoms with Crippen LogP contribution in [-0.2, 0) is 20.5 Å². The summed E-state index contributed by atoms with van der Waals surface area (Å²) in [5.41, 5.74) is 0.401. The highest BCUT2D eigenvalue weighted by molar-refractivity contribution is 5.89. The molecular formula is C22H20F3NO3. The van der Waals surface area contributed by atoms with Crippen LogP contribution >= 0.6 is 0 Å². The van der Waals surface area contributed by atoms with Crippen molar-refractivity contribution in [1.29, 1.82) is 0 Å². The Hall–Kier alpha value is -3.09. The number of ether oxygens (including phenoxy) is 1. The first-order valence-corrected chi connectivity index (χ1v) is 9.19. The van der Waals surface area contributed by atoms with Gasteiger partial charge in [-0.25, -0.2) is 4.79 Å². The van der Waals surface area contributed by atoms with Gasteiger partial charge in [0.1, 0.15) is 0 Å².